The highest BCUT2D eigenvalue weighted by atomic mass is 35.5. The van der Waals surface area contributed by atoms with Gasteiger partial charge in [-0.2, -0.15) is 4.31 Å². The van der Waals surface area contributed by atoms with Gasteiger partial charge in [-0.25, -0.2) is 13.2 Å². The summed E-state index contributed by atoms with van der Waals surface area (Å²) in [5.74, 6) is -1.46. The van der Waals surface area contributed by atoms with Crippen LogP contribution in [0.3, 0.4) is 0 Å². The number of hydrogen-bond donors (Lipinski definition) is 3. The average Bonchev–Trinajstić information content (AvgIpc) is 2.69. The number of carbonyl (C=O) groups is 1. The Kier molecular flexibility index (Phi) is 4.48. The van der Waals surface area contributed by atoms with Crippen LogP contribution in [-0.2, 0) is 10.0 Å². The number of halogens is 2. The minimum atomic E-state index is -4.15. The maximum absolute atomic E-state index is 12.4. The molecule has 0 bridgehead atoms. The van der Waals surface area contributed by atoms with Crippen molar-refractivity contribution < 1.29 is 28.5 Å². The Bertz CT molecular complexity index is 682. The molecule has 116 valence electrons. The molecule has 10 heteroatoms. The molecule has 0 amide bonds. The van der Waals surface area contributed by atoms with Crippen molar-refractivity contribution in [1.82, 2.24) is 4.31 Å². The molecule has 0 spiro atoms. The summed E-state index contributed by atoms with van der Waals surface area (Å²) < 4.78 is 25.7. The molecule has 1 heterocycles. The number of nitrogens with zero attached hydrogens (tertiary/aromatic N) is 1. The van der Waals surface area contributed by atoms with Crippen LogP contribution in [0, 0.1) is 0 Å². The topological polar surface area (TPSA) is 115 Å². The molecule has 3 N–H and O–H groups in total. The van der Waals surface area contributed by atoms with Gasteiger partial charge in [-0.05, 0) is 12.1 Å². The van der Waals surface area contributed by atoms with Crippen LogP contribution in [0.5, 0.6) is 0 Å². The van der Waals surface area contributed by atoms with Crippen molar-refractivity contribution in [2.45, 2.75) is 17.1 Å². The zero-order valence-electron chi connectivity index (χ0n) is 10.4. The second-order valence-electron chi connectivity index (χ2n) is 4.50. The Morgan fingerprint density at radius 1 is 1.19 bits per heavy atom. The molecule has 7 nitrogen and oxygen atoms in total. The Morgan fingerprint density at radius 2 is 1.71 bits per heavy atom. The molecular formula is C11H11Cl2NO6S. The molecule has 0 aromatic heterocycles. The van der Waals surface area contributed by atoms with Crippen molar-refractivity contribution in [1.29, 1.82) is 0 Å². The SMILES string of the molecule is O=C(O)c1c(Cl)ccc(S(=O)(=O)N2C[C@@H](O)[C@@H](O)C2)c1Cl. The number of β-amino-alcohol motifs (C(OH)–C–C–N with tert-alkyl or cyclic N) is 2. The first-order chi connectivity index (χ1) is 9.66. The molecule has 0 radical (unpaired) electrons. The van der Waals surface area contributed by atoms with E-state index in [9.17, 15) is 23.4 Å². The lowest BCUT2D eigenvalue weighted by Crippen LogP contribution is -2.30. The first-order valence-electron chi connectivity index (χ1n) is 5.74. The molecule has 1 aromatic carbocycles. The summed E-state index contributed by atoms with van der Waals surface area (Å²) in [5.41, 5.74) is -0.514. The summed E-state index contributed by atoms with van der Waals surface area (Å²) in [7, 11) is -4.15. The number of rotatable bonds is 3. The minimum absolute atomic E-state index is 0.187. The largest absolute Gasteiger partial charge is 0.478 e. The van der Waals surface area contributed by atoms with Gasteiger partial charge in [0.2, 0.25) is 10.0 Å². The second-order valence-corrected chi connectivity index (χ2v) is 7.19. The molecule has 1 saturated heterocycles. The number of carboxylic acid groups (broad SMARTS) is 1. The molecule has 1 aliphatic heterocycles. The van der Waals surface area contributed by atoms with Crippen LogP contribution in [0.15, 0.2) is 17.0 Å². The van der Waals surface area contributed by atoms with E-state index in [2.05, 4.69) is 0 Å². The third-order valence-corrected chi connectivity index (χ3v) is 5.81. The zero-order chi connectivity index (χ0) is 15.9. The quantitative estimate of drug-likeness (QED) is 0.723. The third-order valence-electron chi connectivity index (χ3n) is 3.11. The first kappa shape index (κ1) is 16.5. The van der Waals surface area contributed by atoms with E-state index in [1.807, 2.05) is 0 Å². The predicted octanol–water partition coefficient (Wildman–Crippen LogP) is 0.418. The molecule has 2 atom stereocenters. The van der Waals surface area contributed by atoms with Crippen molar-refractivity contribution in [2.75, 3.05) is 13.1 Å². The Hall–Kier alpha value is -0.900. The molecule has 1 fully saturated rings. The predicted molar refractivity (Wildman–Crippen MR) is 74.2 cm³/mol. The molecule has 0 saturated carbocycles. The molecule has 0 unspecified atom stereocenters. The highest BCUT2D eigenvalue weighted by Crippen LogP contribution is 2.33. The number of hydrogen-bond acceptors (Lipinski definition) is 5. The second kappa shape index (κ2) is 5.71. The molecule has 1 aliphatic rings. The zero-order valence-corrected chi connectivity index (χ0v) is 12.7. The smallest absolute Gasteiger partial charge is 0.338 e. The van der Waals surface area contributed by atoms with E-state index in [1.165, 1.54) is 0 Å². The highest BCUT2D eigenvalue weighted by molar-refractivity contribution is 7.89. The van der Waals surface area contributed by atoms with Gasteiger partial charge in [-0.1, -0.05) is 23.2 Å². The maximum atomic E-state index is 12.4. The van der Waals surface area contributed by atoms with E-state index >= 15 is 0 Å². The summed E-state index contributed by atoms with van der Waals surface area (Å²) in [6, 6.07) is 2.20. The van der Waals surface area contributed by atoms with E-state index in [-0.39, 0.29) is 18.1 Å². The number of benzene rings is 1. The summed E-state index contributed by atoms with van der Waals surface area (Å²) in [5, 5.41) is 27.2. The van der Waals surface area contributed by atoms with E-state index in [0.29, 0.717) is 0 Å². The molecule has 0 aliphatic carbocycles. The standard InChI is InChI=1S/C11H11Cl2NO6S/c12-5-1-2-8(10(13)9(5)11(17)18)21(19,20)14-3-6(15)7(16)4-14/h1-2,6-7,15-16H,3-4H2,(H,17,18)/t6-,7+. The van der Waals surface area contributed by atoms with Crippen molar-refractivity contribution in [3.8, 4) is 0 Å². The van der Waals surface area contributed by atoms with Crippen LogP contribution in [0.2, 0.25) is 10.0 Å². The maximum Gasteiger partial charge on any atom is 0.338 e. The first-order valence-corrected chi connectivity index (χ1v) is 7.93. The average molecular weight is 356 g/mol. The fourth-order valence-electron chi connectivity index (χ4n) is 2.00. The van der Waals surface area contributed by atoms with Crippen LogP contribution < -0.4 is 0 Å². The van der Waals surface area contributed by atoms with Gasteiger partial charge in [0.25, 0.3) is 0 Å². The van der Waals surface area contributed by atoms with Gasteiger partial charge in [-0.3, -0.25) is 0 Å². The molecule has 2 rings (SSSR count). The van der Waals surface area contributed by atoms with Crippen molar-refractivity contribution in [3.63, 3.8) is 0 Å². The van der Waals surface area contributed by atoms with Gasteiger partial charge in [0.05, 0.1) is 27.8 Å². The van der Waals surface area contributed by atoms with Crippen LogP contribution in [0.1, 0.15) is 10.4 Å². The van der Waals surface area contributed by atoms with Crippen LogP contribution >= 0.6 is 23.2 Å². The molecule has 1 aromatic rings. The summed E-state index contributed by atoms with van der Waals surface area (Å²) >= 11 is 11.5. The minimum Gasteiger partial charge on any atom is -0.478 e. The lowest BCUT2D eigenvalue weighted by atomic mass is 10.2. The van der Waals surface area contributed by atoms with Crippen molar-refractivity contribution in [3.05, 3.63) is 27.7 Å². The monoisotopic (exact) mass is 355 g/mol. The van der Waals surface area contributed by atoms with Crippen LogP contribution in [0.25, 0.3) is 0 Å². The number of aliphatic hydroxyl groups excluding tert-OH is 2. The number of carboxylic acids is 1. The highest BCUT2D eigenvalue weighted by Gasteiger charge is 2.39. The fourth-order valence-corrected chi connectivity index (χ4v) is 4.37. The Balaban J connectivity index is 2.52. The van der Waals surface area contributed by atoms with Gasteiger partial charge >= 0.3 is 5.97 Å². The molecule has 21 heavy (non-hydrogen) atoms. The number of aliphatic hydroxyl groups is 2. The fraction of sp³-hybridized carbons (Fsp3) is 0.364. The third kappa shape index (κ3) is 2.87. The number of sulfonamides is 1. The number of aromatic carboxylic acids is 1. The Labute approximate surface area is 130 Å². The van der Waals surface area contributed by atoms with Gasteiger partial charge < -0.3 is 15.3 Å². The van der Waals surface area contributed by atoms with Crippen molar-refractivity contribution >= 4 is 39.2 Å². The lowest BCUT2D eigenvalue weighted by Gasteiger charge is -2.17. The van der Waals surface area contributed by atoms with Gasteiger partial charge in [0.15, 0.2) is 0 Å². The summed E-state index contributed by atoms with van der Waals surface area (Å²) in [4.78, 5) is 10.7. The van der Waals surface area contributed by atoms with E-state index in [0.717, 1.165) is 16.4 Å². The normalized spacial score (nSPS) is 23.4. The van der Waals surface area contributed by atoms with E-state index in [1.54, 1.807) is 0 Å². The Morgan fingerprint density at radius 3 is 2.19 bits per heavy atom. The summed E-state index contributed by atoms with van der Waals surface area (Å²) in [6.45, 7) is -0.601. The lowest BCUT2D eigenvalue weighted by molar-refractivity contribution is 0.0572. The van der Waals surface area contributed by atoms with Gasteiger partial charge in [-0.15, -0.1) is 0 Å². The van der Waals surface area contributed by atoms with Gasteiger partial charge in [0, 0.05) is 13.1 Å². The van der Waals surface area contributed by atoms with Gasteiger partial charge in [0.1, 0.15) is 4.90 Å². The molecular weight excluding hydrogens is 345 g/mol. The van der Waals surface area contributed by atoms with E-state index < -0.39 is 43.7 Å². The van der Waals surface area contributed by atoms with Crippen molar-refractivity contribution in [2.24, 2.45) is 0 Å². The van der Waals surface area contributed by atoms with E-state index in [4.69, 9.17) is 28.3 Å². The van der Waals surface area contributed by atoms with Crippen LogP contribution in [0.4, 0.5) is 0 Å². The van der Waals surface area contributed by atoms with Crippen LogP contribution in [-0.4, -0.2) is 59.3 Å². The summed E-state index contributed by atoms with van der Waals surface area (Å²) in [6.07, 6.45) is -2.41.